The van der Waals surface area contributed by atoms with Crippen LogP contribution in [0.25, 0.3) is 0 Å². The van der Waals surface area contributed by atoms with Crippen LogP contribution in [0.4, 0.5) is 5.69 Å². The number of carboxylic acid groups (broad SMARTS) is 1. The zero-order valence-corrected chi connectivity index (χ0v) is 9.85. The maximum Gasteiger partial charge on any atom is 0.310 e. The second-order valence-electron chi connectivity index (χ2n) is 5.01. The highest BCUT2D eigenvalue weighted by Gasteiger charge is 2.28. The van der Waals surface area contributed by atoms with Crippen molar-refractivity contribution < 1.29 is 9.90 Å². The predicted molar refractivity (Wildman–Crippen MR) is 66.6 cm³/mol. The second-order valence-corrected chi connectivity index (χ2v) is 5.01. The molecule has 3 heteroatoms. The van der Waals surface area contributed by atoms with Crippen LogP contribution in [0.5, 0.6) is 0 Å². The van der Waals surface area contributed by atoms with Crippen LogP contribution in [0.3, 0.4) is 0 Å². The lowest BCUT2D eigenvalue weighted by atomic mass is 10.0. The fourth-order valence-electron chi connectivity index (χ4n) is 3.03. The van der Waals surface area contributed by atoms with Crippen molar-refractivity contribution in [3.63, 3.8) is 0 Å². The van der Waals surface area contributed by atoms with E-state index >= 15 is 0 Å². The number of benzene rings is 1. The van der Waals surface area contributed by atoms with Gasteiger partial charge < -0.3 is 10.0 Å². The number of nitrogens with zero attached hydrogens (tertiary/aromatic N) is 1. The number of rotatable bonds is 2. The van der Waals surface area contributed by atoms with E-state index in [9.17, 15) is 4.79 Å². The summed E-state index contributed by atoms with van der Waals surface area (Å²) >= 11 is 0. The molecule has 1 atom stereocenters. The fraction of sp³-hybridized carbons (Fsp3) is 0.500. The molecule has 1 heterocycles. The predicted octanol–water partition coefficient (Wildman–Crippen LogP) is 2.40. The standard InChI is InChI=1S/C14H17NO2/c16-14(17)13-5-3-10-9-11(4-6-12(10)13)15-7-1-2-8-15/h4,6,9,13H,1-3,5,7-8H2,(H,16,17). The van der Waals surface area contributed by atoms with Crippen LogP contribution >= 0.6 is 0 Å². The van der Waals surface area contributed by atoms with E-state index in [1.165, 1.54) is 24.1 Å². The first kappa shape index (κ1) is 10.6. The van der Waals surface area contributed by atoms with Crippen LogP contribution in [-0.2, 0) is 11.2 Å². The van der Waals surface area contributed by atoms with Gasteiger partial charge in [-0.15, -0.1) is 0 Å². The van der Waals surface area contributed by atoms with Gasteiger partial charge >= 0.3 is 5.97 Å². The van der Waals surface area contributed by atoms with E-state index in [1.807, 2.05) is 6.07 Å². The number of aryl methyl sites for hydroxylation is 1. The van der Waals surface area contributed by atoms with E-state index in [0.717, 1.165) is 31.5 Å². The van der Waals surface area contributed by atoms with E-state index in [0.29, 0.717) is 0 Å². The molecule has 2 aliphatic rings. The highest BCUT2D eigenvalue weighted by atomic mass is 16.4. The average molecular weight is 231 g/mol. The molecule has 0 saturated carbocycles. The van der Waals surface area contributed by atoms with Gasteiger partial charge in [0.05, 0.1) is 5.92 Å². The molecule has 3 nitrogen and oxygen atoms in total. The Labute approximate surface area is 101 Å². The number of carboxylic acids is 1. The minimum Gasteiger partial charge on any atom is -0.481 e. The minimum atomic E-state index is -0.683. The lowest BCUT2D eigenvalue weighted by Gasteiger charge is -2.18. The van der Waals surface area contributed by atoms with Crippen LogP contribution in [-0.4, -0.2) is 24.2 Å². The third-order valence-electron chi connectivity index (χ3n) is 3.97. The van der Waals surface area contributed by atoms with Crippen molar-refractivity contribution in [1.29, 1.82) is 0 Å². The van der Waals surface area contributed by atoms with Crippen molar-refractivity contribution in [2.45, 2.75) is 31.6 Å². The molecular formula is C14H17NO2. The zero-order chi connectivity index (χ0) is 11.8. The molecule has 0 bridgehead atoms. The summed E-state index contributed by atoms with van der Waals surface area (Å²) in [6, 6.07) is 6.31. The number of aliphatic carboxylic acids is 1. The Kier molecular flexibility index (Phi) is 2.54. The Bertz CT molecular complexity index is 450. The van der Waals surface area contributed by atoms with Gasteiger partial charge in [0.1, 0.15) is 0 Å². The molecule has 17 heavy (non-hydrogen) atoms. The largest absolute Gasteiger partial charge is 0.481 e. The van der Waals surface area contributed by atoms with Gasteiger partial charge in [0.2, 0.25) is 0 Å². The van der Waals surface area contributed by atoms with Crippen molar-refractivity contribution in [1.82, 2.24) is 0 Å². The molecule has 1 saturated heterocycles. The van der Waals surface area contributed by atoms with Crippen LogP contribution in [0.1, 0.15) is 36.3 Å². The third kappa shape index (κ3) is 1.79. The first-order chi connectivity index (χ1) is 8.25. The summed E-state index contributed by atoms with van der Waals surface area (Å²) in [4.78, 5) is 13.5. The Morgan fingerprint density at radius 2 is 2.06 bits per heavy atom. The van der Waals surface area contributed by atoms with Crippen molar-refractivity contribution in [2.75, 3.05) is 18.0 Å². The summed E-state index contributed by atoms with van der Waals surface area (Å²) in [6.07, 6.45) is 4.21. The maximum atomic E-state index is 11.1. The minimum absolute atomic E-state index is 0.280. The highest BCUT2D eigenvalue weighted by molar-refractivity contribution is 5.78. The number of fused-ring (bicyclic) bond motifs is 1. The van der Waals surface area contributed by atoms with Gasteiger partial charge in [-0.25, -0.2) is 0 Å². The van der Waals surface area contributed by atoms with Gasteiger partial charge in [-0.05, 0) is 48.9 Å². The van der Waals surface area contributed by atoms with Crippen LogP contribution in [0.2, 0.25) is 0 Å². The number of anilines is 1. The van der Waals surface area contributed by atoms with E-state index in [-0.39, 0.29) is 5.92 Å². The molecule has 1 aliphatic carbocycles. The quantitative estimate of drug-likeness (QED) is 0.849. The summed E-state index contributed by atoms with van der Waals surface area (Å²) in [5, 5.41) is 9.13. The van der Waals surface area contributed by atoms with Crippen molar-refractivity contribution >= 4 is 11.7 Å². The first-order valence-electron chi connectivity index (χ1n) is 6.36. The summed E-state index contributed by atoms with van der Waals surface area (Å²) < 4.78 is 0. The molecule has 0 aromatic heterocycles. The number of carbonyl (C=O) groups is 1. The van der Waals surface area contributed by atoms with E-state index in [2.05, 4.69) is 17.0 Å². The molecule has 1 N–H and O–H groups in total. The molecule has 1 aromatic carbocycles. The van der Waals surface area contributed by atoms with Crippen molar-refractivity contribution in [2.24, 2.45) is 0 Å². The molecule has 3 rings (SSSR count). The van der Waals surface area contributed by atoms with Gasteiger partial charge in [-0.2, -0.15) is 0 Å². The Morgan fingerprint density at radius 3 is 2.76 bits per heavy atom. The summed E-state index contributed by atoms with van der Waals surface area (Å²) in [7, 11) is 0. The van der Waals surface area contributed by atoms with E-state index < -0.39 is 5.97 Å². The number of hydrogen-bond acceptors (Lipinski definition) is 2. The highest BCUT2D eigenvalue weighted by Crippen LogP contribution is 2.36. The van der Waals surface area contributed by atoms with E-state index in [4.69, 9.17) is 5.11 Å². The Balaban J connectivity index is 1.90. The number of hydrogen-bond donors (Lipinski definition) is 1. The molecule has 0 spiro atoms. The van der Waals surface area contributed by atoms with Crippen molar-refractivity contribution in [3.05, 3.63) is 29.3 Å². The van der Waals surface area contributed by atoms with Crippen molar-refractivity contribution in [3.8, 4) is 0 Å². The SMILES string of the molecule is O=C(O)C1CCc2cc(N3CCCC3)ccc21. The van der Waals surface area contributed by atoms with E-state index in [1.54, 1.807) is 0 Å². The topological polar surface area (TPSA) is 40.5 Å². The zero-order valence-electron chi connectivity index (χ0n) is 9.85. The smallest absolute Gasteiger partial charge is 0.310 e. The van der Waals surface area contributed by atoms with Gasteiger partial charge in [-0.1, -0.05) is 6.07 Å². The molecule has 0 amide bonds. The third-order valence-corrected chi connectivity index (χ3v) is 3.97. The molecule has 1 fully saturated rings. The van der Waals surface area contributed by atoms with Crippen LogP contribution in [0.15, 0.2) is 18.2 Å². The van der Waals surface area contributed by atoms with Gasteiger partial charge in [0, 0.05) is 18.8 Å². The normalized spacial score (nSPS) is 22.8. The maximum absolute atomic E-state index is 11.1. The Hall–Kier alpha value is -1.51. The summed E-state index contributed by atoms with van der Waals surface area (Å²) in [5.41, 5.74) is 3.54. The lowest BCUT2D eigenvalue weighted by molar-refractivity contribution is -0.138. The van der Waals surface area contributed by atoms with Gasteiger partial charge in [0.25, 0.3) is 0 Å². The van der Waals surface area contributed by atoms with Crippen LogP contribution in [0, 0.1) is 0 Å². The molecule has 1 aromatic rings. The first-order valence-corrected chi connectivity index (χ1v) is 6.36. The summed E-state index contributed by atoms with van der Waals surface area (Å²) in [5.74, 6) is -0.963. The molecule has 1 unspecified atom stereocenters. The molecule has 0 radical (unpaired) electrons. The molecule has 90 valence electrons. The monoisotopic (exact) mass is 231 g/mol. The molecule has 1 aliphatic heterocycles. The van der Waals surface area contributed by atoms with Crippen LogP contribution < -0.4 is 4.90 Å². The Morgan fingerprint density at radius 1 is 1.29 bits per heavy atom. The fourth-order valence-corrected chi connectivity index (χ4v) is 3.03. The molecular weight excluding hydrogens is 214 g/mol. The average Bonchev–Trinajstić information content (AvgIpc) is 2.97. The summed E-state index contributed by atoms with van der Waals surface area (Å²) in [6.45, 7) is 2.28. The van der Waals surface area contributed by atoms with Gasteiger partial charge in [-0.3, -0.25) is 4.79 Å². The van der Waals surface area contributed by atoms with Gasteiger partial charge in [0.15, 0.2) is 0 Å². The second kappa shape index (κ2) is 4.06. The lowest BCUT2D eigenvalue weighted by Crippen LogP contribution is -2.17.